The molecule has 0 saturated heterocycles. The molecular formula is C22H28F2N3O9P. The zero-order valence-corrected chi connectivity index (χ0v) is 21.0. The van der Waals surface area contributed by atoms with Gasteiger partial charge in [0, 0.05) is 12.3 Å². The summed E-state index contributed by atoms with van der Waals surface area (Å²) in [4.78, 5) is 37.4. The number of halogens is 2. The number of hydrogen-bond donors (Lipinski definition) is 4. The second kappa shape index (κ2) is 11.2. The Balaban J connectivity index is 1.86. The highest BCUT2D eigenvalue weighted by atomic mass is 31.2. The van der Waals surface area contributed by atoms with Gasteiger partial charge >= 0.3 is 19.4 Å². The Morgan fingerprint density at radius 2 is 1.81 bits per heavy atom. The van der Waals surface area contributed by atoms with E-state index < -0.39 is 73.8 Å². The predicted octanol–water partition coefficient (Wildman–Crippen LogP) is 1.20. The summed E-state index contributed by atoms with van der Waals surface area (Å²) in [5, 5.41) is 23.1. The van der Waals surface area contributed by atoms with Crippen molar-refractivity contribution in [3.8, 4) is 5.75 Å². The molecule has 0 unspecified atom stereocenters. The Morgan fingerprint density at radius 1 is 1.16 bits per heavy atom. The third-order valence-corrected chi connectivity index (χ3v) is 7.22. The Bertz CT molecular complexity index is 1250. The molecule has 1 aliphatic carbocycles. The minimum atomic E-state index is -4.55. The fourth-order valence-corrected chi connectivity index (χ4v) is 5.33. The minimum absolute atomic E-state index is 0.0270. The number of rotatable bonds is 10. The SMILES string of the molecule is CC(C)OC(=O)[C@H](C)N[P@](=O)(OC[C@@H]1[C@@H](O)[C@@H](O)[C@H](n2ccc(=O)[nH]c2=O)C1(F)F)Oc1ccccc1. The van der Waals surface area contributed by atoms with Crippen molar-refractivity contribution in [2.75, 3.05) is 6.61 Å². The number of para-hydroxylation sites is 1. The zero-order valence-electron chi connectivity index (χ0n) is 20.1. The molecule has 0 bridgehead atoms. The van der Waals surface area contributed by atoms with E-state index in [1.54, 1.807) is 32.0 Å². The second-order valence-corrected chi connectivity index (χ2v) is 10.5. The molecule has 0 spiro atoms. The molecule has 0 aliphatic heterocycles. The number of H-pyrrole nitrogens is 1. The van der Waals surface area contributed by atoms with Gasteiger partial charge in [-0.1, -0.05) is 18.2 Å². The largest absolute Gasteiger partial charge is 0.462 e. The van der Waals surface area contributed by atoms with Crippen LogP contribution in [0.3, 0.4) is 0 Å². The molecule has 15 heteroatoms. The van der Waals surface area contributed by atoms with Crippen LogP contribution < -0.4 is 20.9 Å². The van der Waals surface area contributed by atoms with Gasteiger partial charge in [-0.15, -0.1) is 0 Å². The van der Waals surface area contributed by atoms with Gasteiger partial charge in [-0.2, -0.15) is 5.09 Å². The summed E-state index contributed by atoms with van der Waals surface area (Å²) in [5.74, 6) is -6.91. The molecule has 0 amide bonds. The van der Waals surface area contributed by atoms with Crippen LogP contribution in [0.1, 0.15) is 26.8 Å². The van der Waals surface area contributed by atoms with Crippen LogP contribution in [-0.4, -0.2) is 62.6 Å². The van der Waals surface area contributed by atoms with Gasteiger partial charge in [-0.25, -0.2) is 18.1 Å². The number of aromatic nitrogens is 2. The monoisotopic (exact) mass is 547 g/mol. The van der Waals surface area contributed by atoms with Crippen molar-refractivity contribution < 1.29 is 42.1 Å². The van der Waals surface area contributed by atoms with Crippen LogP contribution in [0.25, 0.3) is 0 Å². The van der Waals surface area contributed by atoms with E-state index in [-0.39, 0.29) is 5.75 Å². The van der Waals surface area contributed by atoms with Crippen molar-refractivity contribution in [1.82, 2.24) is 14.6 Å². The summed E-state index contributed by atoms with van der Waals surface area (Å²) < 4.78 is 60.4. The van der Waals surface area contributed by atoms with E-state index in [1.165, 1.54) is 19.1 Å². The van der Waals surface area contributed by atoms with Crippen molar-refractivity contribution >= 4 is 13.7 Å². The number of benzene rings is 1. The van der Waals surface area contributed by atoms with Gasteiger partial charge in [0.15, 0.2) is 0 Å². The van der Waals surface area contributed by atoms with Crippen molar-refractivity contribution in [1.29, 1.82) is 0 Å². The highest BCUT2D eigenvalue weighted by Gasteiger charge is 2.63. The fraction of sp³-hybridized carbons (Fsp3) is 0.500. The van der Waals surface area contributed by atoms with E-state index in [2.05, 4.69) is 5.09 Å². The lowest BCUT2D eigenvalue weighted by Crippen LogP contribution is -2.43. The number of hydrogen-bond acceptors (Lipinski definition) is 9. The molecule has 1 heterocycles. The van der Waals surface area contributed by atoms with E-state index in [0.717, 1.165) is 12.3 Å². The molecule has 1 fully saturated rings. The summed E-state index contributed by atoms with van der Waals surface area (Å²) in [6.45, 7) is 3.39. The molecule has 37 heavy (non-hydrogen) atoms. The van der Waals surface area contributed by atoms with Crippen molar-refractivity contribution in [3.05, 3.63) is 63.4 Å². The van der Waals surface area contributed by atoms with Crippen molar-refractivity contribution in [2.24, 2.45) is 5.92 Å². The van der Waals surface area contributed by atoms with Crippen molar-refractivity contribution in [3.63, 3.8) is 0 Å². The number of aliphatic hydroxyl groups is 2. The van der Waals surface area contributed by atoms with Gasteiger partial charge in [0.25, 0.3) is 11.5 Å². The lowest BCUT2D eigenvalue weighted by Gasteiger charge is -2.28. The average molecular weight is 547 g/mol. The predicted molar refractivity (Wildman–Crippen MR) is 125 cm³/mol. The zero-order chi connectivity index (χ0) is 27.5. The number of nitrogens with one attached hydrogen (secondary N) is 2. The number of alkyl halides is 2. The van der Waals surface area contributed by atoms with E-state index in [1.807, 2.05) is 4.98 Å². The maximum absolute atomic E-state index is 15.4. The van der Waals surface area contributed by atoms with E-state index >= 15 is 8.78 Å². The number of aliphatic hydroxyl groups excluding tert-OH is 2. The molecule has 204 valence electrons. The minimum Gasteiger partial charge on any atom is -0.462 e. The third-order valence-electron chi connectivity index (χ3n) is 5.58. The lowest BCUT2D eigenvalue weighted by atomic mass is 10.0. The first-order valence-corrected chi connectivity index (χ1v) is 12.8. The standard InChI is InChI=1S/C22H28F2N3O9P/c1-12(2)35-20(31)13(3)26-37(33,36-14-7-5-4-6-8-14)34-11-15-17(29)18(30)19(22(15,23)24)27-10-9-16(28)25-21(27)32/h4-10,12-13,15,17-19,29-30H,11H2,1-3H3,(H,26,33)(H,25,28,32)/t13-,15+,17+,18+,19-,37-/m0/s1. The van der Waals surface area contributed by atoms with E-state index in [9.17, 15) is 29.2 Å². The number of ether oxygens (including phenoxy) is 1. The summed E-state index contributed by atoms with van der Waals surface area (Å²) in [6.07, 6.45) is -3.98. The fourth-order valence-electron chi connectivity index (χ4n) is 3.82. The smallest absolute Gasteiger partial charge is 0.459 e. The summed E-state index contributed by atoms with van der Waals surface area (Å²) in [7, 11) is -4.55. The van der Waals surface area contributed by atoms with E-state index in [4.69, 9.17) is 13.8 Å². The molecule has 3 rings (SSSR count). The van der Waals surface area contributed by atoms with Crippen LogP contribution in [-0.2, 0) is 18.6 Å². The van der Waals surface area contributed by atoms with Crippen molar-refractivity contribution in [2.45, 2.75) is 57.1 Å². The average Bonchev–Trinajstić information content (AvgIpc) is 2.96. The van der Waals surface area contributed by atoms with Gasteiger partial charge in [-0.3, -0.25) is 23.7 Å². The Kier molecular flexibility index (Phi) is 8.70. The Labute approximate surface area is 209 Å². The van der Waals surface area contributed by atoms with Crippen LogP contribution in [0, 0.1) is 5.92 Å². The summed E-state index contributed by atoms with van der Waals surface area (Å²) in [6, 6.07) is 4.87. The Morgan fingerprint density at radius 3 is 2.41 bits per heavy atom. The molecule has 4 N–H and O–H groups in total. The first kappa shape index (κ1) is 28.7. The topological polar surface area (TPSA) is 169 Å². The molecule has 6 atom stereocenters. The molecule has 1 saturated carbocycles. The quantitative estimate of drug-likeness (QED) is 0.250. The molecule has 0 radical (unpaired) electrons. The lowest BCUT2D eigenvalue weighted by molar-refractivity contribution is -0.149. The van der Waals surface area contributed by atoms with Gasteiger partial charge in [-0.05, 0) is 32.9 Å². The van der Waals surface area contributed by atoms with Gasteiger partial charge < -0.3 is 19.5 Å². The highest BCUT2D eigenvalue weighted by molar-refractivity contribution is 7.52. The molecule has 1 aliphatic rings. The molecule has 1 aromatic carbocycles. The van der Waals surface area contributed by atoms with Crippen LogP contribution in [0.5, 0.6) is 5.75 Å². The summed E-state index contributed by atoms with van der Waals surface area (Å²) in [5.41, 5.74) is -2.06. The number of esters is 1. The first-order valence-electron chi connectivity index (χ1n) is 11.3. The number of carbonyl (C=O) groups is 1. The van der Waals surface area contributed by atoms with E-state index in [0.29, 0.717) is 4.57 Å². The van der Waals surface area contributed by atoms with Crippen LogP contribution in [0.2, 0.25) is 0 Å². The molecular weight excluding hydrogens is 519 g/mol. The maximum Gasteiger partial charge on any atom is 0.459 e. The normalized spacial score (nSPS) is 25.4. The van der Waals surface area contributed by atoms with Gasteiger partial charge in [0.1, 0.15) is 23.9 Å². The van der Waals surface area contributed by atoms with Gasteiger partial charge in [0.2, 0.25) is 0 Å². The van der Waals surface area contributed by atoms with Crippen LogP contribution >= 0.6 is 7.75 Å². The molecule has 2 aromatic rings. The first-order chi connectivity index (χ1) is 17.2. The van der Waals surface area contributed by atoms with Gasteiger partial charge in [0.05, 0.1) is 24.7 Å². The Hall–Kier alpha value is -2.90. The maximum atomic E-state index is 15.4. The number of carbonyl (C=O) groups excluding carboxylic acids is 1. The number of nitrogens with zero attached hydrogens (tertiary/aromatic N) is 1. The molecule has 1 aromatic heterocycles. The van der Waals surface area contributed by atoms with Crippen LogP contribution in [0.15, 0.2) is 52.2 Å². The number of aromatic amines is 1. The second-order valence-electron chi connectivity index (χ2n) is 8.76. The highest BCUT2D eigenvalue weighted by Crippen LogP contribution is 2.51. The summed E-state index contributed by atoms with van der Waals surface area (Å²) >= 11 is 0. The van der Waals surface area contributed by atoms with Crippen LogP contribution in [0.4, 0.5) is 8.78 Å². The third kappa shape index (κ3) is 6.51. The molecule has 12 nitrogen and oxygen atoms in total.